The molecule has 0 saturated heterocycles. The Kier molecular flexibility index (Phi) is 2.68. The van der Waals surface area contributed by atoms with Gasteiger partial charge in [-0.1, -0.05) is 13.3 Å². The predicted octanol–water partition coefficient (Wildman–Crippen LogP) is 2.78. The molecule has 0 bridgehead atoms. The summed E-state index contributed by atoms with van der Waals surface area (Å²) < 4.78 is 0. The monoisotopic (exact) mass is 222 g/mol. The van der Waals surface area contributed by atoms with Gasteiger partial charge in [0.1, 0.15) is 5.65 Å². The van der Waals surface area contributed by atoms with Crippen LogP contribution < -0.4 is 0 Å². The van der Waals surface area contributed by atoms with Crippen molar-refractivity contribution in [3.63, 3.8) is 0 Å². The SMILES string of the molecule is CCCC(=N)c1nc(Cl)nc2[nH]ccc12. The number of aromatic amines is 1. The van der Waals surface area contributed by atoms with Crippen LogP contribution in [0.3, 0.4) is 0 Å². The first-order valence-corrected chi connectivity index (χ1v) is 5.18. The number of H-pyrrole nitrogens is 1. The van der Waals surface area contributed by atoms with Crippen molar-refractivity contribution in [1.29, 1.82) is 5.41 Å². The van der Waals surface area contributed by atoms with E-state index in [0.29, 0.717) is 23.5 Å². The summed E-state index contributed by atoms with van der Waals surface area (Å²) in [6.45, 7) is 2.03. The summed E-state index contributed by atoms with van der Waals surface area (Å²) >= 11 is 5.79. The van der Waals surface area contributed by atoms with E-state index >= 15 is 0 Å². The third-order valence-corrected chi connectivity index (χ3v) is 2.34. The van der Waals surface area contributed by atoms with Crippen molar-refractivity contribution in [2.45, 2.75) is 19.8 Å². The van der Waals surface area contributed by atoms with Crippen molar-refractivity contribution in [1.82, 2.24) is 15.0 Å². The summed E-state index contributed by atoms with van der Waals surface area (Å²) in [4.78, 5) is 11.1. The van der Waals surface area contributed by atoms with E-state index in [0.717, 1.165) is 11.8 Å². The highest BCUT2D eigenvalue weighted by Crippen LogP contribution is 2.18. The van der Waals surface area contributed by atoms with Crippen LogP contribution >= 0.6 is 11.6 Å². The molecule has 78 valence electrons. The smallest absolute Gasteiger partial charge is 0.224 e. The number of fused-ring (bicyclic) bond motifs is 1. The molecule has 0 amide bonds. The van der Waals surface area contributed by atoms with Crippen molar-refractivity contribution >= 4 is 28.3 Å². The molecule has 2 N–H and O–H groups in total. The van der Waals surface area contributed by atoms with Gasteiger partial charge in [-0.25, -0.2) is 4.98 Å². The van der Waals surface area contributed by atoms with Gasteiger partial charge in [0.05, 0.1) is 11.4 Å². The van der Waals surface area contributed by atoms with Gasteiger partial charge in [-0.2, -0.15) is 4.98 Å². The van der Waals surface area contributed by atoms with Crippen molar-refractivity contribution < 1.29 is 0 Å². The minimum absolute atomic E-state index is 0.181. The van der Waals surface area contributed by atoms with E-state index in [1.54, 1.807) is 6.20 Å². The van der Waals surface area contributed by atoms with Crippen LogP contribution in [0.15, 0.2) is 12.3 Å². The lowest BCUT2D eigenvalue weighted by Crippen LogP contribution is -2.03. The number of hydrogen-bond donors (Lipinski definition) is 2. The Morgan fingerprint density at radius 3 is 3.07 bits per heavy atom. The molecule has 0 spiro atoms. The maximum atomic E-state index is 7.88. The molecule has 2 aromatic rings. The summed E-state index contributed by atoms with van der Waals surface area (Å²) in [5.41, 5.74) is 1.82. The van der Waals surface area contributed by atoms with Gasteiger partial charge in [0.25, 0.3) is 0 Å². The van der Waals surface area contributed by atoms with Gasteiger partial charge in [-0.3, -0.25) is 0 Å². The Morgan fingerprint density at radius 2 is 2.33 bits per heavy atom. The summed E-state index contributed by atoms with van der Waals surface area (Å²) in [7, 11) is 0. The van der Waals surface area contributed by atoms with Gasteiger partial charge < -0.3 is 10.4 Å². The highest BCUT2D eigenvalue weighted by molar-refractivity contribution is 6.29. The molecule has 15 heavy (non-hydrogen) atoms. The fourth-order valence-electron chi connectivity index (χ4n) is 1.51. The van der Waals surface area contributed by atoms with Crippen LogP contribution in [0.1, 0.15) is 25.5 Å². The van der Waals surface area contributed by atoms with Crippen LogP contribution in [0.4, 0.5) is 0 Å². The molecule has 2 aromatic heterocycles. The molecule has 0 aliphatic carbocycles. The lowest BCUT2D eigenvalue weighted by Gasteiger charge is -2.03. The first kappa shape index (κ1) is 10.1. The third kappa shape index (κ3) is 1.85. The number of hydrogen-bond acceptors (Lipinski definition) is 3. The van der Waals surface area contributed by atoms with Gasteiger partial charge in [-0.15, -0.1) is 0 Å². The average molecular weight is 223 g/mol. The molecule has 2 heterocycles. The van der Waals surface area contributed by atoms with Crippen LogP contribution in [-0.4, -0.2) is 20.7 Å². The molecule has 2 rings (SSSR count). The zero-order valence-electron chi connectivity index (χ0n) is 8.34. The molecule has 0 aliphatic heterocycles. The second-order valence-corrected chi connectivity index (χ2v) is 3.65. The quantitative estimate of drug-likeness (QED) is 0.620. The van der Waals surface area contributed by atoms with E-state index in [4.69, 9.17) is 17.0 Å². The number of aromatic nitrogens is 3. The Labute approximate surface area is 92.2 Å². The molecule has 5 heteroatoms. The number of rotatable bonds is 3. The molecule has 0 fully saturated rings. The first-order valence-electron chi connectivity index (χ1n) is 4.80. The van der Waals surface area contributed by atoms with Gasteiger partial charge >= 0.3 is 0 Å². The Bertz CT molecular complexity index is 503. The van der Waals surface area contributed by atoms with Crippen molar-refractivity contribution in [3.8, 4) is 0 Å². The highest BCUT2D eigenvalue weighted by atomic mass is 35.5. The largest absolute Gasteiger partial charge is 0.346 e. The second-order valence-electron chi connectivity index (χ2n) is 3.31. The third-order valence-electron chi connectivity index (χ3n) is 2.17. The van der Waals surface area contributed by atoms with Crippen molar-refractivity contribution in [2.75, 3.05) is 0 Å². The van der Waals surface area contributed by atoms with Crippen LogP contribution in [0.2, 0.25) is 5.28 Å². The Morgan fingerprint density at radius 1 is 1.53 bits per heavy atom. The zero-order valence-corrected chi connectivity index (χ0v) is 9.10. The van der Waals surface area contributed by atoms with E-state index in [1.165, 1.54) is 0 Å². The summed E-state index contributed by atoms with van der Waals surface area (Å²) in [6, 6.07) is 1.87. The van der Waals surface area contributed by atoms with Crippen molar-refractivity contribution in [2.24, 2.45) is 0 Å². The fourth-order valence-corrected chi connectivity index (χ4v) is 1.68. The first-order chi connectivity index (χ1) is 7.22. The van der Waals surface area contributed by atoms with Crippen LogP contribution in [-0.2, 0) is 0 Å². The number of nitrogens with zero attached hydrogens (tertiary/aromatic N) is 2. The molecule has 0 radical (unpaired) electrons. The second kappa shape index (κ2) is 3.98. The van der Waals surface area contributed by atoms with Crippen molar-refractivity contribution in [3.05, 3.63) is 23.2 Å². The average Bonchev–Trinajstić information content (AvgIpc) is 2.64. The van der Waals surface area contributed by atoms with E-state index < -0.39 is 0 Å². The van der Waals surface area contributed by atoms with Gasteiger partial charge in [-0.05, 0) is 24.1 Å². The van der Waals surface area contributed by atoms with Gasteiger partial charge in [0, 0.05) is 11.6 Å². The lowest BCUT2D eigenvalue weighted by molar-refractivity contribution is 0.980. The maximum Gasteiger partial charge on any atom is 0.224 e. The summed E-state index contributed by atoms with van der Waals surface area (Å²) in [5.74, 6) is 0. The normalized spacial score (nSPS) is 10.8. The molecule has 0 atom stereocenters. The molecular weight excluding hydrogens is 212 g/mol. The number of nitrogens with one attached hydrogen (secondary N) is 2. The lowest BCUT2D eigenvalue weighted by atomic mass is 10.1. The summed E-state index contributed by atoms with van der Waals surface area (Å²) in [6.07, 6.45) is 3.40. The van der Waals surface area contributed by atoms with Crippen LogP contribution in [0.5, 0.6) is 0 Å². The molecule has 0 aromatic carbocycles. The molecule has 0 unspecified atom stereocenters. The Hall–Kier alpha value is -1.42. The zero-order chi connectivity index (χ0) is 10.8. The van der Waals surface area contributed by atoms with E-state index in [2.05, 4.69) is 15.0 Å². The highest BCUT2D eigenvalue weighted by Gasteiger charge is 2.11. The van der Waals surface area contributed by atoms with Gasteiger partial charge in [0.15, 0.2) is 0 Å². The standard InChI is InChI=1S/C10H11ClN4/c1-2-3-7(12)8-6-4-5-13-9(6)15-10(11)14-8/h4-5,12H,2-3H2,1H3,(H,13,14,15). The minimum Gasteiger partial charge on any atom is -0.346 e. The van der Waals surface area contributed by atoms with Gasteiger partial charge in [0.2, 0.25) is 5.28 Å². The Balaban J connectivity index is 2.57. The minimum atomic E-state index is 0.181. The molecular formula is C10H11ClN4. The topological polar surface area (TPSA) is 65.4 Å². The van der Waals surface area contributed by atoms with Crippen LogP contribution in [0.25, 0.3) is 11.0 Å². The number of halogens is 1. The predicted molar refractivity (Wildman–Crippen MR) is 60.6 cm³/mol. The molecule has 0 saturated carbocycles. The van der Waals surface area contributed by atoms with E-state index in [9.17, 15) is 0 Å². The fraction of sp³-hybridized carbons (Fsp3) is 0.300. The molecule has 4 nitrogen and oxygen atoms in total. The summed E-state index contributed by atoms with van der Waals surface area (Å²) in [5, 5.41) is 8.92. The van der Waals surface area contributed by atoms with E-state index in [-0.39, 0.29) is 5.28 Å². The van der Waals surface area contributed by atoms with Crippen LogP contribution in [0, 0.1) is 5.41 Å². The molecule has 0 aliphatic rings. The maximum absolute atomic E-state index is 7.88. The van der Waals surface area contributed by atoms with E-state index in [1.807, 2.05) is 13.0 Å².